The first-order valence-corrected chi connectivity index (χ1v) is 7.88. The van der Waals surface area contributed by atoms with E-state index in [0.717, 1.165) is 6.42 Å². The van der Waals surface area contributed by atoms with Crippen LogP contribution in [0.2, 0.25) is 0 Å². The highest BCUT2D eigenvalue weighted by Gasteiger charge is 2.50. The van der Waals surface area contributed by atoms with Gasteiger partial charge in [-0.25, -0.2) is 0 Å². The molecule has 6 nitrogen and oxygen atoms in total. The standard InChI is InChI=1S/C18H19N3O3/c1-19-16(22)18(11-6-12-18)17(23)21-14-9-5-10-15(20-14)24-13-7-3-2-4-8-13/h2-5,7-10H,6,11-12H2,1H3,(H,19,22)(H,20,21,23). The van der Waals surface area contributed by atoms with Crippen molar-refractivity contribution in [3.63, 3.8) is 0 Å². The topological polar surface area (TPSA) is 80.3 Å². The molecule has 1 aromatic carbocycles. The van der Waals surface area contributed by atoms with Gasteiger partial charge in [0.05, 0.1) is 0 Å². The summed E-state index contributed by atoms with van der Waals surface area (Å²) in [6.07, 6.45) is 1.98. The summed E-state index contributed by atoms with van der Waals surface area (Å²) in [6.45, 7) is 0. The summed E-state index contributed by atoms with van der Waals surface area (Å²) in [5.74, 6) is 0.833. The maximum absolute atomic E-state index is 12.5. The molecular formula is C18H19N3O3. The van der Waals surface area contributed by atoms with Crippen molar-refractivity contribution in [3.05, 3.63) is 48.5 Å². The number of hydrogen-bond acceptors (Lipinski definition) is 4. The molecule has 0 aliphatic heterocycles. The van der Waals surface area contributed by atoms with Crippen molar-refractivity contribution in [2.24, 2.45) is 5.41 Å². The van der Waals surface area contributed by atoms with Crippen LogP contribution in [0.15, 0.2) is 48.5 Å². The molecule has 0 bridgehead atoms. The highest BCUT2D eigenvalue weighted by molar-refractivity contribution is 6.11. The van der Waals surface area contributed by atoms with Crippen LogP contribution in [0.25, 0.3) is 0 Å². The molecule has 0 unspecified atom stereocenters. The molecule has 2 aromatic rings. The first-order valence-electron chi connectivity index (χ1n) is 7.88. The molecule has 24 heavy (non-hydrogen) atoms. The lowest BCUT2D eigenvalue weighted by Gasteiger charge is -2.37. The van der Waals surface area contributed by atoms with Crippen LogP contribution < -0.4 is 15.4 Å². The average molecular weight is 325 g/mol. The number of ether oxygens (including phenoxy) is 1. The first kappa shape index (κ1) is 16.0. The molecular weight excluding hydrogens is 306 g/mol. The molecule has 1 aliphatic carbocycles. The van der Waals surface area contributed by atoms with Gasteiger partial charge in [-0.2, -0.15) is 4.98 Å². The SMILES string of the molecule is CNC(=O)C1(C(=O)Nc2cccc(Oc3ccccc3)n2)CCC1. The minimum Gasteiger partial charge on any atom is -0.439 e. The highest BCUT2D eigenvalue weighted by atomic mass is 16.5. The molecule has 1 saturated carbocycles. The number of rotatable bonds is 5. The fourth-order valence-corrected chi connectivity index (χ4v) is 2.71. The fourth-order valence-electron chi connectivity index (χ4n) is 2.71. The summed E-state index contributed by atoms with van der Waals surface area (Å²) in [5.41, 5.74) is -0.979. The van der Waals surface area contributed by atoms with Gasteiger partial charge in [0.1, 0.15) is 17.0 Å². The van der Waals surface area contributed by atoms with Crippen LogP contribution in [0.3, 0.4) is 0 Å². The number of para-hydroxylation sites is 1. The Kier molecular flexibility index (Phi) is 4.46. The quantitative estimate of drug-likeness (QED) is 0.828. The Morgan fingerprint density at radius 3 is 2.42 bits per heavy atom. The maximum Gasteiger partial charge on any atom is 0.241 e. The second-order valence-electron chi connectivity index (χ2n) is 5.75. The van der Waals surface area contributed by atoms with Crippen molar-refractivity contribution in [1.82, 2.24) is 10.3 Å². The minimum absolute atomic E-state index is 0.247. The lowest BCUT2D eigenvalue weighted by atomic mass is 9.67. The summed E-state index contributed by atoms with van der Waals surface area (Å²) in [6, 6.07) is 14.4. The van der Waals surface area contributed by atoms with Gasteiger partial charge in [-0.05, 0) is 31.0 Å². The van der Waals surface area contributed by atoms with E-state index in [-0.39, 0.29) is 11.8 Å². The Balaban J connectivity index is 1.73. The number of pyridine rings is 1. The number of benzene rings is 1. The van der Waals surface area contributed by atoms with E-state index >= 15 is 0 Å². The van der Waals surface area contributed by atoms with Gasteiger partial charge in [0.2, 0.25) is 17.7 Å². The summed E-state index contributed by atoms with van der Waals surface area (Å²) < 4.78 is 5.65. The molecule has 6 heteroatoms. The van der Waals surface area contributed by atoms with Gasteiger partial charge >= 0.3 is 0 Å². The third-order valence-corrected chi connectivity index (χ3v) is 4.23. The summed E-state index contributed by atoms with van der Waals surface area (Å²) >= 11 is 0. The summed E-state index contributed by atoms with van der Waals surface area (Å²) in [4.78, 5) is 28.9. The van der Waals surface area contributed by atoms with E-state index in [4.69, 9.17) is 4.74 Å². The zero-order chi connectivity index (χ0) is 17.0. The van der Waals surface area contributed by atoms with Crippen LogP contribution in [-0.4, -0.2) is 23.8 Å². The van der Waals surface area contributed by atoms with Gasteiger partial charge in [-0.1, -0.05) is 30.7 Å². The number of hydrogen-bond donors (Lipinski definition) is 2. The largest absolute Gasteiger partial charge is 0.439 e. The van der Waals surface area contributed by atoms with Crippen LogP contribution in [0.4, 0.5) is 5.82 Å². The Morgan fingerprint density at radius 2 is 1.79 bits per heavy atom. The van der Waals surface area contributed by atoms with Crippen LogP contribution in [0, 0.1) is 5.41 Å². The van der Waals surface area contributed by atoms with E-state index in [9.17, 15) is 9.59 Å². The van der Waals surface area contributed by atoms with Gasteiger partial charge in [0.15, 0.2) is 0 Å². The Morgan fingerprint density at radius 1 is 1.04 bits per heavy atom. The second kappa shape index (κ2) is 6.70. The van der Waals surface area contributed by atoms with Crippen molar-refractivity contribution in [3.8, 4) is 11.6 Å². The zero-order valence-corrected chi connectivity index (χ0v) is 13.4. The molecule has 124 valence electrons. The van der Waals surface area contributed by atoms with Gasteiger partial charge in [0, 0.05) is 13.1 Å². The number of nitrogens with one attached hydrogen (secondary N) is 2. The summed E-state index contributed by atoms with van der Waals surface area (Å²) in [5, 5.41) is 5.31. The van der Waals surface area contributed by atoms with Gasteiger partial charge in [-0.15, -0.1) is 0 Å². The van der Waals surface area contributed by atoms with E-state index < -0.39 is 5.41 Å². The predicted octanol–water partition coefficient (Wildman–Crippen LogP) is 2.73. The Hall–Kier alpha value is -2.89. The molecule has 1 heterocycles. The predicted molar refractivity (Wildman–Crippen MR) is 89.7 cm³/mol. The van der Waals surface area contributed by atoms with Gasteiger partial charge in [0.25, 0.3) is 0 Å². The Labute approximate surface area is 140 Å². The molecule has 1 fully saturated rings. The van der Waals surface area contributed by atoms with Crippen molar-refractivity contribution in [2.45, 2.75) is 19.3 Å². The maximum atomic E-state index is 12.5. The molecule has 0 atom stereocenters. The van der Waals surface area contributed by atoms with E-state index in [1.54, 1.807) is 25.2 Å². The molecule has 0 spiro atoms. The molecule has 1 aromatic heterocycles. The number of anilines is 1. The third kappa shape index (κ3) is 3.08. The smallest absolute Gasteiger partial charge is 0.241 e. The number of carbonyl (C=O) groups excluding carboxylic acids is 2. The molecule has 3 rings (SSSR count). The molecule has 2 N–H and O–H groups in total. The lowest BCUT2D eigenvalue weighted by molar-refractivity contribution is -0.146. The number of aromatic nitrogens is 1. The summed E-state index contributed by atoms with van der Waals surface area (Å²) in [7, 11) is 1.54. The van der Waals surface area contributed by atoms with Crippen molar-refractivity contribution >= 4 is 17.6 Å². The van der Waals surface area contributed by atoms with Crippen molar-refractivity contribution < 1.29 is 14.3 Å². The minimum atomic E-state index is -0.979. The normalized spacial score (nSPS) is 15.0. The fraction of sp³-hybridized carbons (Fsp3) is 0.278. The molecule has 1 aliphatic rings. The molecule has 0 radical (unpaired) electrons. The Bertz CT molecular complexity index is 742. The number of carbonyl (C=O) groups is 2. The third-order valence-electron chi connectivity index (χ3n) is 4.23. The monoisotopic (exact) mass is 325 g/mol. The first-order chi connectivity index (χ1) is 11.6. The van der Waals surface area contributed by atoms with Crippen LogP contribution in [0.1, 0.15) is 19.3 Å². The van der Waals surface area contributed by atoms with Gasteiger partial charge in [-0.3, -0.25) is 9.59 Å². The van der Waals surface area contributed by atoms with E-state index in [2.05, 4.69) is 15.6 Å². The van der Waals surface area contributed by atoms with Crippen LogP contribution >= 0.6 is 0 Å². The number of nitrogens with zero attached hydrogens (tertiary/aromatic N) is 1. The molecule has 0 saturated heterocycles. The van der Waals surface area contributed by atoms with Crippen LogP contribution in [-0.2, 0) is 9.59 Å². The van der Waals surface area contributed by atoms with Crippen LogP contribution in [0.5, 0.6) is 11.6 Å². The zero-order valence-electron chi connectivity index (χ0n) is 13.4. The van der Waals surface area contributed by atoms with E-state index in [1.807, 2.05) is 30.3 Å². The molecule has 2 amide bonds. The average Bonchev–Trinajstić information content (AvgIpc) is 2.55. The van der Waals surface area contributed by atoms with E-state index in [0.29, 0.717) is 30.3 Å². The van der Waals surface area contributed by atoms with Crippen molar-refractivity contribution in [2.75, 3.05) is 12.4 Å². The number of amides is 2. The second-order valence-corrected chi connectivity index (χ2v) is 5.75. The lowest BCUT2D eigenvalue weighted by Crippen LogP contribution is -2.52. The van der Waals surface area contributed by atoms with E-state index in [1.165, 1.54) is 0 Å². The van der Waals surface area contributed by atoms with Crippen molar-refractivity contribution in [1.29, 1.82) is 0 Å². The van der Waals surface area contributed by atoms with Gasteiger partial charge < -0.3 is 15.4 Å². The highest BCUT2D eigenvalue weighted by Crippen LogP contribution is 2.42.